The molecule has 1 atom stereocenters. The van der Waals surface area contributed by atoms with Crippen LogP contribution in [0.2, 0.25) is 0 Å². The summed E-state index contributed by atoms with van der Waals surface area (Å²) in [6, 6.07) is -0.117. The van der Waals surface area contributed by atoms with E-state index in [9.17, 15) is 18.0 Å². The highest BCUT2D eigenvalue weighted by Gasteiger charge is 2.49. The second-order valence-electron chi connectivity index (χ2n) is 6.90. The Hall–Kier alpha value is -2.68. The van der Waals surface area contributed by atoms with Crippen LogP contribution in [0.15, 0.2) is 34.6 Å². The summed E-state index contributed by atoms with van der Waals surface area (Å²) in [6.45, 7) is 6.86. The first-order valence-electron chi connectivity index (χ1n) is 8.86. The molecule has 29 heavy (non-hydrogen) atoms. The Bertz CT molecular complexity index is 1020. The summed E-state index contributed by atoms with van der Waals surface area (Å²) in [4.78, 5) is 20.6. The van der Waals surface area contributed by atoms with Crippen LogP contribution in [0.5, 0.6) is 0 Å². The van der Waals surface area contributed by atoms with Crippen molar-refractivity contribution in [2.75, 3.05) is 0 Å². The Morgan fingerprint density at radius 2 is 2.14 bits per heavy atom. The van der Waals surface area contributed by atoms with Crippen LogP contribution in [0.4, 0.5) is 13.2 Å². The molecule has 0 radical (unpaired) electrons. The van der Waals surface area contributed by atoms with Crippen molar-refractivity contribution in [3.05, 3.63) is 46.5 Å². The number of aliphatic imine (C=N–C) groups is 1. The number of allylic oxidation sites excluding steroid dienone is 3. The van der Waals surface area contributed by atoms with E-state index >= 15 is 0 Å². The van der Waals surface area contributed by atoms with E-state index in [0.29, 0.717) is 24.2 Å². The average Bonchev–Trinajstić information content (AvgIpc) is 3.40. The maximum Gasteiger partial charge on any atom is 0.408 e. The molecule has 1 fully saturated rings. The monoisotopic (exact) mass is 425 g/mol. The molecule has 1 saturated carbocycles. The zero-order valence-electron chi connectivity index (χ0n) is 15.8. The van der Waals surface area contributed by atoms with E-state index in [1.807, 2.05) is 0 Å². The molecule has 1 aliphatic rings. The van der Waals surface area contributed by atoms with Crippen molar-refractivity contribution in [1.82, 2.24) is 19.9 Å². The molecule has 0 bridgehead atoms. The fraction of sp³-hybridized carbons (Fsp3) is 0.368. The molecule has 0 saturated heterocycles. The van der Waals surface area contributed by atoms with Gasteiger partial charge in [-0.3, -0.25) is 9.79 Å². The Morgan fingerprint density at radius 1 is 1.45 bits per heavy atom. The quantitative estimate of drug-likeness (QED) is 0.426. The standard InChI is InChI=1S/C19H19ClF3N5O/c1-10(4-7-15(20)24-3)14-8-11(2)28-17(26-14)13(9-25-28)18(29)27-16(12-5-6-12)19(21,22)23/h4,7-9,12,16H,3,5-6H2,1-2H3,(H,27,29)/b10-4+,15-7-. The molecule has 154 valence electrons. The SMILES string of the molecule is C=N/C(Cl)=C\C=C(/C)c1cc(C)n2ncc(C(=O)NC(C3CC3)C(F)(F)F)c2n1. The number of carbonyl (C=O) groups is 1. The lowest BCUT2D eigenvalue weighted by Gasteiger charge is -2.20. The minimum Gasteiger partial charge on any atom is -0.340 e. The predicted octanol–water partition coefficient (Wildman–Crippen LogP) is 4.29. The van der Waals surface area contributed by atoms with Crippen molar-refractivity contribution in [2.24, 2.45) is 10.9 Å². The summed E-state index contributed by atoms with van der Waals surface area (Å²) < 4.78 is 41.2. The van der Waals surface area contributed by atoms with Gasteiger partial charge in [0.25, 0.3) is 5.91 Å². The highest BCUT2D eigenvalue weighted by atomic mass is 35.5. The van der Waals surface area contributed by atoms with E-state index in [2.05, 4.69) is 27.1 Å². The Kier molecular flexibility index (Phi) is 5.79. The number of amides is 1. The van der Waals surface area contributed by atoms with E-state index in [1.54, 1.807) is 32.1 Å². The van der Waals surface area contributed by atoms with Gasteiger partial charge in [0.15, 0.2) is 5.65 Å². The minimum atomic E-state index is -4.50. The van der Waals surface area contributed by atoms with Gasteiger partial charge in [-0.25, -0.2) is 9.50 Å². The molecule has 0 aliphatic heterocycles. The zero-order chi connectivity index (χ0) is 21.3. The molecule has 2 aromatic rings. The molecule has 1 N–H and O–H groups in total. The van der Waals surface area contributed by atoms with Gasteiger partial charge in [-0.2, -0.15) is 18.3 Å². The maximum atomic E-state index is 13.3. The molecule has 2 heterocycles. The topological polar surface area (TPSA) is 71.7 Å². The molecule has 10 heteroatoms. The van der Waals surface area contributed by atoms with Crippen molar-refractivity contribution >= 4 is 35.4 Å². The third-order valence-corrected chi connectivity index (χ3v) is 4.90. The maximum absolute atomic E-state index is 13.3. The lowest BCUT2D eigenvalue weighted by atomic mass is 10.1. The average molecular weight is 426 g/mol. The molecule has 1 unspecified atom stereocenters. The summed E-state index contributed by atoms with van der Waals surface area (Å²) in [5.41, 5.74) is 2.08. The van der Waals surface area contributed by atoms with E-state index in [1.165, 1.54) is 10.7 Å². The minimum absolute atomic E-state index is 0.0148. The number of nitrogens with one attached hydrogen (secondary N) is 1. The van der Waals surface area contributed by atoms with Crippen molar-refractivity contribution in [3.8, 4) is 0 Å². The first-order valence-corrected chi connectivity index (χ1v) is 9.23. The second-order valence-corrected chi connectivity index (χ2v) is 7.29. The predicted molar refractivity (Wildman–Crippen MR) is 105 cm³/mol. The van der Waals surface area contributed by atoms with Crippen LogP contribution in [0, 0.1) is 12.8 Å². The highest BCUT2D eigenvalue weighted by Crippen LogP contribution is 2.40. The molecular formula is C19H19ClF3N5O. The Balaban J connectivity index is 1.96. The number of halogens is 4. The van der Waals surface area contributed by atoms with Gasteiger partial charge in [-0.15, -0.1) is 0 Å². The number of nitrogens with zero attached hydrogens (tertiary/aromatic N) is 4. The fourth-order valence-electron chi connectivity index (χ4n) is 2.92. The number of hydrogen-bond acceptors (Lipinski definition) is 4. The van der Waals surface area contributed by atoms with Gasteiger partial charge < -0.3 is 5.32 Å². The van der Waals surface area contributed by atoms with Gasteiger partial charge in [0.05, 0.1) is 11.9 Å². The number of hydrogen-bond donors (Lipinski definition) is 1. The van der Waals surface area contributed by atoms with Crippen LogP contribution in [-0.4, -0.2) is 39.4 Å². The van der Waals surface area contributed by atoms with Crippen LogP contribution in [0.25, 0.3) is 11.2 Å². The van der Waals surface area contributed by atoms with E-state index in [-0.39, 0.29) is 16.4 Å². The number of aromatic nitrogens is 3. The Labute approximate surface area is 170 Å². The molecule has 3 rings (SSSR count). The van der Waals surface area contributed by atoms with Crippen LogP contribution in [0.3, 0.4) is 0 Å². The van der Waals surface area contributed by atoms with Gasteiger partial charge in [0.2, 0.25) is 0 Å². The number of alkyl halides is 3. The summed E-state index contributed by atoms with van der Waals surface area (Å²) in [6.07, 6.45) is 0.836. The first-order chi connectivity index (χ1) is 13.6. The van der Waals surface area contributed by atoms with Crippen molar-refractivity contribution in [1.29, 1.82) is 0 Å². The lowest BCUT2D eigenvalue weighted by Crippen LogP contribution is -2.46. The smallest absolute Gasteiger partial charge is 0.340 e. The highest BCUT2D eigenvalue weighted by molar-refractivity contribution is 6.29. The molecule has 0 aromatic carbocycles. The molecule has 6 nitrogen and oxygen atoms in total. The summed E-state index contributed by atoms with van der Waals surface area (Å²) >= 11 is 5.80. The van der Waals surface area contributed by atoms with Crippen molar-refractivity contribution < 1.29 is 18.0 Å². The lowest BCUT2D eigenvalue weighted by molar-refractivity contribution is -0.158. The van der Waals surface area contributed by atoms with E-state index in [0.717, 1.165) is 5.57 Å². The summed E-state index contributed by atoms with van der Waals surface area (Å²) in [5, 5.41) is 6.40. The third kappa shape index (κ3) is 4.67. The van der Waals surface area contributed by atoms with Gasteiger partial charge in [0, 0.05) is 5.69 Å². The summed E-state index contributed by atoms with van der Waals surface area (Å²) in [5.74, 6) is -1.43. The molecule has 1 amide bonds. The van der Waals surface area contributed by atoms with E-state index in [4.69, 9.17) is 11.6 Å². The van der Waals surface area contributed by atoms with Crippen LogP contribution in [0.1, 0.15) is 41.5 Å². The van der Waals surface area contributed by atoms with Crippen molar-refractivity contribution in [2.45, 2.75) is 38.9 Å². The fourth-order valence-corrected chi connectivity index (χ4v) is 2.99. The summed E-state index contributed by atoms with van der Waals surface area (Å²) in [7, 11) is 0. The number of fused-ring (bicyclic) bond motifs is 1. The third-order valence-electron chi connectivity index (χ3n) is 4.65. The zero-order valence-corrected chi connectivity index (χ0v) is 16.6. The van der Waals surface area contributed by atoms with Gasteiger partial charge in [-0.05, 0) is 57.0 Å². The normalized spacial score (nSPS) is 16.8. The van der Waals surface area contributed by atoms with Gasteiger partial charge in [0.1, 0.15) is 16.8 Å². The van der Waals surface area contributed by atoms with E-state index < -0.39 is 24.0 Å². The van der Waals surface area contributed by atoms with Gasteiger partial charge in [-0.1, -0.05) is 17.7 Å². The first kappa shape index (κ1) is 21.0. The molecule has 1 aliphatic carbocycles. The van der Waals surface area contributed by atoms with Crippen LogP contribution in [-0.2, 0) is 0 Å². The molecule has 2 aromatic heterocycles. The number of carbonyl (C=O) groups excluding carboxylic acids is 1. The molecule has 0 spiro atoms. The number of rotatable bonds is 6. The van der Waals surface area contributed by atoms with Crippen LogP contribution >= 0.6 is 11.6 Å². The largest absolute Gasteiger partial charge is 0.408 e. The van der Waals surface area contributed by atoms with Crippen LogP contribution < -0.4 is 5.32 Å². The Morgan fingerprint density at radius 3 is 2.72 bits per heavy atom. The number of aryl methyl sites for hydroxylation is 1. The van der Waals surface area contributed by atoms with Crippen molar-refractivity contribution in [3.63, 3.8) is 0 Å². The molecular weight excluding hydrogens is 407 g/mol. The van der Waals surface area contributed by atoms with Gasteiger partial charge >= 0.3 is 6.18 Å². The second kappa shape index (κ2) is 7.98.